The molecule has 2 aromatic rings. The summed E-state index contributed by atoms with van der Waals surface area (Å²) in [6.45, 7) is 4.98. The zero-order valence-electron chi connectivity index (χ0n) is 20.3. The Balaban J connectivity index is 1.38. The van der Waals surface area contributed by atoms with E-state index in [0.717, 1.165) is 18.4 Å². The molecule has 7 heteroatoms. The Morgan fingerprint density at radius 3 is 2.46 bits per heavy atom. The number of ether oxygens (including phenoxy) is 2. The maximum atomic E-state index is 13.5. The summed E-state index contributed by atoms with van der Waals surface area (Å²) in [7, 11) is 0. The van der Waals surface area contributed by atoms with Crippen molar-refractivity contribution in [2.45, 2.75) is 45.6 Å². The van der Waals surface area contributed by atoms with Crippen LogP contribution >= 0.6 is 0 Å². The average Bonchev–Trinajstić information content (AvgIpc) is 2.87. The molecule has 6 nitrogen and oxygen atoms in total. The molecule has 4 rings (SSSR count). The smallest absolute Gasteiger partial charge is 0.226 e. The van der Waals surface area contributed by atoms with Crippen LogP contribution in [-0.4, -0.2) is 54.8 Å². The summed E-state index contributed by atoms with van der Waals surface area (Å²) >= 11 is 0. The molecule has 1 saturated heterocycles. The van der Waals surface area contributed by atoms with Crippen molar-refractivity contribution in [2.24, 2.45) is 11.8 Å². The third kappa shape index (κ3) is 5.96. The number of amides is 1. The molecule has 0 N–H and O–H groups in total. The summed E-state index contributed by atoms with van der Waals surface area (Å²) in [6.07, 6.45) is 2.88. The van der Waals surface area contributed by atoms with Crippen molar-refractivity contribution < 1.29 is 28.2 Å². The van der Waals surface area contributed by atoms with Crippen molar-refractivity contribution in [2.75, 3.05) is 26.3 Å². The molecule has 0 radical (unpaired) electrons. The molecule has 2 aliphatic rings. The fourth-order valence-corrected chi connectivity index (χ4v) is 5.13. The number of aryl methyl sites for hydroxylation is 1. The number of halogens is 1. The van der Waals surface area contributed by atoms with E-state index in [4.69, 9.17) is 9.47 Å². The van der Waals surface area contributed by atoms with Gasteiger partial charge in [-0.1, -0.05) is 12.8 Å². The van der Waals surface area contributed by atoms with Gasteiger partial charge < -0.3 is 14.4 Å². The Bertz CT molecular complexity index is 1080. The predicted octanol–water partition coefficient (Wildman–Crippen LogP) is 4.63. The van der Waals surface area contributed by atoms with Gasteiger partial charge in [0.1, 0.15) is 24.3 Å². The largest absolute Gasteiger partial charge is 0.491 e. The Kier molecular flexibility index (Phi) is 7.96. The monoisotopic (exact) mass is 481 g/mol. The highest BCUT2D eigenvalue weighted by Crippen LogP contribution is 2.34. The van der Waals surface area contributed by atoms with Gasteiger partial charge in [0.05, 0.1) is 13.2 Å². The molecule has 3 atom stereocenters. The Labute approximate surface area is 205 Å². The minimum atomic E-state index is -0.387. The molecule has 186 valence electrons. The second-order valence-electron chi connectivity index (χ2n) is 9.49. The summed E-state index contributed by atoms with van der Waals surface area (Å²) in [5.41, 5.74) is 1.97. The van der Waals surface area contributed by atoms with Gasteiger partial charge in [0, 0.05) is 29.5 Å². The molecular weight excluding hydrogens is 449 g/mol. The van der Waals surface area contributed by atoms with Gasteiger partial charge >= 0.3 is 0 Å². The standard InChI is InChI=1S/C28H32FNO5/c1-18-15-22(11-12-24(18)19(2)31)35-17-23-16-30(13-14-34-23)28(33)26-6-4-3-5-25(26)27(32)20-7-9-21(29)10-8-20/h7-12,15,23,25-26H,3-6,13-14,16-17H2,1-2H3/t23?,25-,26-/m1/s1. The lowest BCUT2D eigenvalue weighted by atomic mass is 9.74. The topological polar surface area (TPSA) is 72.9 Å². The highest BCUT2D eigenvalue weighted by molar-refractivity contribution is 6.00. The molecule has 0 aromatic heterocycles. The summed E-state index contributed by atoms with van der Waals surface area (Å²) in [6, 6.07) is 10.9. The van der Waals surface area contributed by atoms with Crippen LogP contribution in [0.5, 0.6) is 5.75 Å². The molecule has 2 aromatic carbocycles. The molecule has 1 aliphatic heterocycles. The van der Waals surface area contributed by atoms with Crippen molar-refractivity contribution in [3.05, 3.63) is 65.0 Å². The van der Waals surface area contributed by atoms with Crippen molar-refractivity contribution in [1.29, 1.82) is 0 Å². The number of rotatable bonds is 7. The first kappa shape index (κ1) is 25.0. The van der Waals surface area contributed by atoms with Gasteiger partial charge in [-0.3, -0.25) is 14.4 Å². The summed E-state index contributed by atoms with van der Waals surface area (Å²) < 4.78 is 25.1. The number of nitrogens with zero attached hydrogens (tertiary/aromatic N) is 1. The van der Waals surface area contributed by atoms with Gasteiger partial charge in [0.25, 0.3) is 0 Å². The first-order chi connectivity index (χ1) is 16.8. The molecule has 1 amide bonds. The number of morpholine rings is 1. The van der Waals surface area contributed by atoms with Gasteiger partial charge in [-0.25, -0.2) is 4.39 Å². The number of hydrogen-bond acceptors (Lipinski definition) is 5. The van der Waals surface area contributed by atoms with Crippen LogP contribution in [0.3, 0.4) is 0 Å². The predicted molar refractivity (Wildman–Crippen MR) is 129 cm³/mol. The van der Waals surface area contributed by atoms with Crippen molar-refractivity contribution in [3.8, 4) is 5.75 Å². The van der Waals surface area contributed by atoms with Gasteiger partial charge in [-0.05, 0) is 74.7 Å². The highest BCUT2D eigenvalue weighted by atomic mass is 19.1. The van der Waals surface area contributed by atoms with E-state index >= 15 is 0 Å². The minimum Gasteiger partial charge on any atom is -0.491 e. The third-order valence-electron chi connectivity index (χ3n) is 7.01. The quantitative estimate of drug-likeness (QED) is 0.539. The number of Topliss-reactive ketones (excluding diaryl/α,β-unsaturated/α-hetero) is 2. The highest BCUT2D eigenvalue weighted by Gasteiger charge is 2.39. The lowest BCUT2D eigenvalue weighted by Gasteiger charge is -2.38. The van der Waals surface area contributed by atoms with Crippen LogP contribution in [0.4, 0.5) is 4.39 Å². The van der Waals surface area contributed by atoms with Crippen LogP contribution in [-0.2, 0) is 9.53 Å². The van der Waals surface area contributed by atoms with Gasteiger partial charge in [0.2, 0.25) is 5.91 Å². The maximum absolute atomic E-state index is 13.5. The third-order valence-corrected chi connectivity index (χ3v) is 7.01. The van der Waals surface area contributed by atoms with E-state index in [9.17, 15) is 18.8 Å². The number of ketones is 2. The van der Waals surface area contributed by atoms with Crippen LogP contribution in [0.2, 0.25) is 0 Å². The van der Waals surface area contributed by atoms with Crippen LogP contribution in [0.1, 0.15) is 58.9 Å². The van der Waals surface area contributed by atoms with E-state index in [2.05, 4.69) is 0 Å². The second-order valence-corrected chi connectivity index (χ2v) is 9.49. The summed E-state index contributed by atoms with van der Waals surface area (Å²) in [5, 5.41) is 0. The molecule has 1 aliphatic carbocycles. The van der Waals surface area contributed by atoms with Crippen LogP contribution < -0.4 is 4.74 Å². The normalized spacial score (nSPS) is 22.5. The van der Waals surface area contributed by atoms with E-state index < -0.39 is 0 Å². The van der Waals surface area contributed by atoms with Crippen LogP contribution in [0.15, 0.2) is 42.5 Å². The number of carbonyl (C=O) groups excluding carboxylic acids is 3. The first-order valence-electron chi connectivity index (χ1n) is 12.3. The molecule has 0 bridgehead atoms. The lowest BCUT2D eigenvalue weighted by molar-refractivity contribution is -0.146. The Hall–Kier alpha value is -3.06. The second kappa shape index (κ2) is 11.1. The van der Waals surface area contributed by atoms with Crippen molar-refractivity contribution >= 4 is 17.5 Å². The van der Waals surface area contributed by atoms with E-state index in [1.54, 1.807) is 17.0 Å². The fourth-order valence-electron chi connectivity index (χ4n) is 5.13. The molecule has 35 heavy (non-hydrogen) atoms. The van der Waals surface area contributed by atoms with E-state index in [1.807, 2.05) is 13.0 Å². The van der Waals surface area contributed by atoms with Crippen molar-refractivity contribution in [1.82, 2.24) is 4.90 Å². The molecule has 1 heterocycles. The van der Waals surface area contributed by atoms with Gasteiger partial charge in [-0.2, -0.15) is 0 Å². The van der Waals surface area contributed by atoms with Crippen LogP contribution in [0, 0.1) is 24.6 Å². The SMILES string of the molecule is CC(=O)c1ccc(OCC2CN(C(=O)[C@@H]3CCCC[C@H]3C(=O)c3ccc(F)cc3)CCO2)cc1C. The molecule has 1 unspecified atom stereocenters. The zero-order valence-corrected chi connectivity index (χ0v) is 20.3. The number of benzene rings is 2. The number of carbonyl (C=O) groups is 3. The molecule has 1 saturated carbocycles. The van der Waals surface area contributed by atoms with E-state index in [-0.39, 0.29) is 47.8 Å². The average molecular weight is 482 g/mol. The molecule has 2 fully saturated rings. The van der Waals surface area contributed by atoms with Gasteiger partial charge in [-0.15, -0.1) is 0 Å². The zero-order chi connectivity index (χ0) is 24.9. The van der Waals surface area contributed by atoms with Crippen molar-refractivity contribution in [3.63, 3.8) is 0 Å². The minimum absolute atomic E-state index is 0.0118. The Morgan fingerprint density at radius 2 is 1.77 bits per heavy atom. The van der Waals surface area contributed by atoms with E-state index in [0.29, 0.717) is 49.4 Å². The van der Waals surface area contributed by atoms with E-state index in [1.165, 1.54) is 31.2 Å². The lowest BCUT2D eigenvalue weighted by Crippen LogP contribution is -2.51. The summed E-state index contributed by atoms with van der Waals surface area (Å²) in [5.74, 6) is -0.579. The summed E-state index contributed by atoms with van der Waals surface area (Å²) in [4.78, 5) is 40.1. The fraction of sp³-hybridized carbons (Fsp3) is 0.464. The van der Waals surface area contributed by atoms with Gasteiger partial charge in [0.15, 0.2) is 11.6 Å². The maximum Gasteiger partial charge on any atom is 0.226 e. The van der Waals surface area contributed by atoms with Crippen LogP contribution in [0.25, 0.3) is 0 Å². The first-order valence-corrected chi connectivity index (χ1v) is 12.3. The molecule has 0 spiro atoms. The Morgan fingerprint density at radius 1 is 1.06 bits per heavy atom. The molecular formula is C28H32FNO5. The number of hydrogen-bond donors (Lipinski definition) is 0.